The molecule has 1 unspecified atom stereocenters. The SMILES string of the molecule is CCC(CC)C(CNC(=NC)NCC(=O)NC(C)(C)C)N1CCCC1.I. The third-order valence-corrected chi connectivity index (χ3v) is 4.84. The van der Waals surface area contributed by atoms with Gasteiger partial charge in [0, 0.05) is 25.2 Å². The average Bonchev–Trinajstić information content (AvgIpc) is 3.06. The predicted molar refractivity (Wildman–Crippen MR) is 121 cm³/mol. The predicted octanol–water partition coefficient (Wildman–Crippen LogP) is 2.58. The van der Waals surface area contributed by atoms with Gasteiger partial charge in [0.2, 0.25) is 5.91 Å². The standard InChI is InChI=1S/C19H39N5O.HI/c1-7-15(8-2)16(24-11-9-10-12-24)13-21-18(20-6)22-14-17(25)23-19(3,4)5;/h15-16H,7-14H2,1-6H3,(H,23,25)(H2,20,21,22);1H. The Labute approximate surface area is 177 Å². The van der Waals surface area contributed by atoms with E-state index >= 15 is 0 Å². The van der Waals surface area contributed by atoms with Gasteiger partial charge in [-0.15, -0.1) is 24.0 Å². The van der Waals surface area contributed by atoms with Crippen LogP contribution in [0.25, 0.3) is 0 Å². The molecule has 1 aliphatic rings. The minimum Gasteiger partial charge on any atom is -0.355 e. The van der Waals surface area contributed by atoms with Crippen molar-refractivity contribution in [2.45, 2.75) is 71.9 Å². The molecule has 0 aromatic rings. The van der Waals surface area contributed by atoms with Crippen LogP contribution in [-0.4, -0.2) is 61.6 Å². The molecule has 3 N–H and O–H groups in total. The smallest absolute Gasteiger partial charge is 0.239 e. The second-order valence-electron chi connectivity index (χ2n) is 7.99. The number of amides is 1. The zero-order valence-electron chi connectivity index (χ0n) is 17.5. The summed E-state index contributed by atoms with van der Waals surface area (Å²) in [7, 11) is 1.75. The maximum absolute atomic E-state index is 12.0. The lowest BCUT2D eigenvalue weighted by atomic mass is 9.93. The molecule has 0 saturated carbocycles. The number of aliphatic imine (C=N–C) groups is 1. The molecule has 26 heavy (non-hydrogen) atoms. The highest BCUT2D eigenvalue weighted by molar-refractivity contribution is 14.0. The van der Waals surface area contributed by atoms with Crippen molar-refractivity contribution in [2.24, 2.45) is 10.9 Å². The Kier molecular flexibility index (Phi) is 12.5. The first-order chi connectivity index (χ1) is 11.8. The van der Waals surface area contributed by atoms with Crippen molar-refractivity contribution in [1.29, 1.82) is 0 Å². The average molecular weight is 481 g/mol. The molecule has 1 atom stereocenters. The Morgan fingerprint density at radius 3 is 2.15 bits per heavy atom. The number of nitrogens with zero attached hydrogens (tertiary/aromatic N) is 2. The van der Waals surface area contributed by atoms with Gasteiger partial charge in [0.25, 0.3) is 0 Å². The molecule has 1 amide bonds. The summed E-state index contributed by atoms with van der Waals surface area (Å²) >= 11 is 0. The van der Waals surface area contributed by atoms with Crippen molar-refractivity contribution in [3.8, 4) is 0 Å². The largest absolute Gasteiger partial charge is 0.355 e. The van der Waals surface area contributed by atoms with Crippen LogP contribution in [0.15, 0.2) is 4.99 Å². The number of rotatable bonds is 8. The summed E-state index contributed by atoms with van der Waals surface area (Å²) in [5.74, 6) is 1.36. The quantitative estimate of drug-likeness (QED) is 0.283. The Morgan fingerprint density at radius 1 is 1.12 bits per heavy atom. The minimum absolute atomic E-state index is 0. The maximum Gasteiger partial charge on any atom is 0.239 e. The first-order valence-electron chi connectivity index (χ1n) is 9.80. The highest BCUT2D eigenvalue weighted by Crippen LogP contribution is 2.22. The summed E-state index contributed by atoms with van der Waals surface area (Å²) in [6.45, 7) is 14.0. The van der Waals surface area contributed by atoms with Crippen molar-refractivity contribution >= 4 is 35.8 Å². The number of hydrogen-bond acceptors (Lipinski definition) is 3. The first-order valence-corrected chi connectivity index (χ1v) is 9.80. The molecule has 1 heterocycles. The van der Waals surface area contributed by atoms with Crippen molar-refractivity contribution in [3.05, 3.63) is 0 Å². The number of hydrogen-bond donors (Lipinski definition) is 3. The van der Waals surface area contributed by atoms with Gasteiger partial charge in [-0.3, -0.25) is 14.7 Å². The van der Waals surface area contributed by atoms with Gasteiger partial charge in [0.15, 0.2) is 5.96 Å². The zero-order valence-corrected chi connectivity index (χ0v) is 19.9. The number of carbonyl (C=O) groups is 1. The highest BCUT2D eigenvalue weighted by atomic mass is 127. The summed E-state index contributed by atoms with van der Waals surface area (Å²) in [5.41, 5.74) is -0.216. The molecule has 1 fully saturated rings. The Morgan fingerprint density at radius 2 is 1.69 bits per heavy atom. The van der Waals surface area contributed by atoms with E-state index in [1.165, 1.54) is 38.8 Å². The maximum atomic E-state index is 12.0. The fraction of sp³-hybridized carbons (Fsp3) is 0.895. The van der Waals surface area contributed by atoms with E-state index in [-0.39, 0.29) is 42.0 Å². The molecule has 6 nitrogen and oxygen atoms in total. The van der Waals surface area contributed by atoms with Crippen LogP contribution in [0.3, 0.4) is 0 Å². The van der Waals surface area contributed by atoms with Crippen molar-refractivity contribution in [2.75, 3.05) is 33.2 Å². The van der Waals surface area contributed by atoms with Gasteiger partial charge in [-0.2, -0.15) is 0 Å². The lowest BCUT2D eigenvalue weighted by Gasteiger charge is -2.34. The molecule has 0 spiro atoms. The summed E-state index contributed by atoms with van der Waals surface area (Å²) in [6.07, 6.45) is 4.99. The van der Waals surface area contributed by atoms with E-state index in [1.54, 1.807) is 7.05 Å². The fourth-order valence-electron chi connectivity index (χ4n) is 3.55. The third-order valence-electron chi connectivity index (χ3n) is 4.84. The van der Waals surface area contributed by atoms with Crippen LogP contribution in [0.2, 0.25) is 0 Å². The van der Waals surface area contributed by atoms with Gasteiger partial charge < -0.3 is 16.0 Å². The normalized spacial score (nSPS) is 17.0. The van der Waals surface area contributed by atoms with E-state index in [2.05, 4.69) is 39.7 Å². The van der Waals surface area contributed by atoms with Gasteiger partial charge in [-0.25, -0.2) is 0 Å². The molecule has 1 saturated heterocycles. The van der Waals surface area contributed by atoms with Crippen molar-refractivity contribution in [3.63, 3.8) is 0 Å². The molecular formula is C19H40IN5O. The molecule has 0 aromatic carbocycles. The monoisotopic (exact) mass is 481 g/mol. The van der Waals surface area contributed by atoms with Crippen molar-refractivity contribution < 1.29 is 4.79 Å². The highest BCUT2D eigenvalue weighted by Gasteiger charge is 2.27. The Balaban J connectivity index is 0.00000625. The van der Waals surface area contributed by atoms with Crippen molar-refractivity contribution in [1.82, 2.24) is 20.9 Å². The number of nitrogens with one attached hydrogen (secondary N) is 3. The second-order valence-corrected chi connectivity index (χ2v) is 7.99. The van der Waals surface area contributed by atoms with Crippen LogP contribution in [-0.2, 0) is 4.79 Å². The van der Waals surface area contributed by atoms with Gasteiger partial charge in [0.05, 0.1) is 6.54 Å². The minimum atomic E-state index is -0.216. The first kappa shape index (κ1) is 25.4. The molecule has 0 aromatic heterocycles. The number of carbonyl (C=O) groups excluding carboxylic acids is 1. The number of guanidine groups is 1. The molecule has 1 rings (SSSR count). The van der Waals surface area contributed by atoms with E-state index in [4.69, 9.17) is 0 Å². The molecular weight excluding hydrogens is 441 g/mol. The third kappa shape index (κ3) is 9.39. The van der Waals surface area contributed by atoms with Crippen LogP contribution in [0.1, 0.15) is 60.3 Å². The van der Waals surface area contributed by atoms with Gasteiger partial charge in [-0.05, 0) is 52.6 Å². The summed E-state index contributed by atoms with van der Waals surface area (Å²) in [6, 6.07) is 0.527. The van der Waals surface area contributed by atoms with Gasteiger partial charge >= 0.3 is 0 Å². The molecule has 1 aliphatic heterocycles. The number of halogens is 1. The van der Waals surface area contributed by atoms with E-state index in [9.17, 15) is 4.79 Å². The molecule has 0 aliphatic carbocycles. The molecule has 7 heteroatoms. The van der Waals surface area contributed by atoms with Gasteiger partial charge in [0.1, 0.15) is 0 Å². The van der Waals surface area contributed by atoms with Crippen LogP contribution in [0.5, 0.6) is 0 Å². The van der Waals surface area contributed by atoms with Crippen LogP contribution >= 0.6 is 24.0 Å². The van der Waals surface area contributed by atoms with E-state index < -0.39 is 0 Å². The Hall–Kier alpha value is -0.570. The van der Waals surface area contributed by atoms with Gasteiger partial charge in [-0.1, -0.05) is 26.7 Å². The molecule has 0 radical (unpaired) electrons. The Bertz CT molecular complexity index is 424. The van der Waals surface area contributed by atoms with Crippen LogP contribution < -0.4 is 16.0 Å². The summed E-state index contributed by atoms with van der Waals surface area (Å²) < 4.78 is 0. The van der Waals surface area contributed by atoms with E-state index in [0.29, 0.717) is 17.9 Å². The zero-order chi connectivity index (χ0) is 18.9. The summed E-state index contributed by atoms with van der Waals surface area (Å²) in [5, 5.41) is 9.50. The van der Waals surface area contributed by atoms with Crippen LogP contribution in [0.4, 0.5) is 0 Å². The van der Waals surface area contributed by atoms with E-state index in [0.717, 1.165) is 6.54 Å². The molecule has 154 valence electrons. The lowest BCUT2D eigenvalue weighted by molar-refractivity contribution is -0.121. The van der Waals surface area contributed by atoms with Crippen LogP contribution in [0, 0.1) is 5.92 Å². The molecule has 0 bridgehead atoms. The second kappa shape index (κ2) is 12.8. The number of likely N-dealkylation sites (tertiary alicyclic amines) is 1. The van der Waals surface area contributed by atoms with E-state index in [1.807, 2.05) is 20.8 Å². The topological polar surface area (TPSA) is 68.8 Å². The fourth-order valence-corrected chi connectivity index (χ4v) is 3.55. The summed E-state index contributed by atoms with van der Waals surface area (Å²) in [4.78, 5) is 18.8. The lowest BCUT2D eigenvalue weighted by Crippen LogP contribution is -2.51.